The maximum absolute atomic E-state index is 11.6. The highest BCUT2D eigenvalue weighted by Gasteiger charge is 2.35. The van der Waals surface area contributed by atoms with Gasteiger partial charge in [0.05, 0.1) is 6.04 Å². The lowest BCUT2D eigenvalue weighted by atomic mass is 10.0. The van der Waals surface area contributed by atoms with Gasteiger partial charge in [-0.3, -0.25) is 14.6 Å². The molecule has 2 aliphatic rings. The van der Waals surface area contributed by atoms with Crippen LogP contribution >= 0.6 is 27.5 Å². The quantitative estimate of drug-likeness (QED) is 0.845. The van der Waals surface area contributed by atoms with Crippen LogP contribution in [0.15, 0.2) is 22.7 Å². The summed E-state index contributed by atoms with van der Waals surface area (Å²) in [5.74, 6) is -0.161. The van der Waals surface area contributed by atoms with Crippen LogP contribution < -0.4 is 5.73 Å². The Balaban J connectivity index is 1.56. The van der Waals surface area contributed by atoms with E-state index in [0.29, 0.717) is 6.04 Å². The lowest BCUT2D eigenvalue weighted by Gasteiger charge is -2.38. The van der Waals surface area contributed by atoms with Crippen molar-refractivity contribution in [2.75, 3.05) is 19.6 Å². The molecule has 1 aromatic carbocycles. The molecule has 126 valence electrons. The number of nitrogens with zero attached hydrogens (tertiary/aromatic N) is 2. The van der Waals surface area contributed by atoms with Crippen LogP contribution in [-0.4, -0.2) is 47.4 Å². The predicted molar refractivity (Wildman–Crippen MR) is 96.4 cm³/mol. The minimum Gasteiger partial charge on any atom is -0.368 e. The first-order valence-corrected chi connectivity index (χ1v) is 9.43. The second kappa shape index (κ2) is 7.51. The summed E-state index contributed by atoms with van der Waals surface area (Å²) >= 11 is 9.80. The summed E-state index contributed by atoms with van der Waals surface area (Å²) in [6.45, 7) is 3.96. The summed E-state index contributed by atoms with van der Waals surface area (Å²) in [4.78, 5) is 16.4. The fraction of sp³-hybridized carbons (Fsp3) is 0.588. The average Bonchev–Trinajstić information content (AvgIpc) is 3.01. The SMILES string of the molecule is NC(=O)C1CCCN1C1CCN(Cc2cc(Br)ccc2Cl)CC1. The largest absolute Gasteiger partial charge is 0.368 e. The molecule has 0 saturated carbocycles. The first-order valence-electron chi connectivity index (χ1n) is 8.26. The number of likely N-dealkylation sites (tertiary alicyclic amines) is 2. The second-order valence-corrected chi connectivity index (χ2v) is 7.86. The van der Waals surface area contributed by atoms with Gasteiger partial charge in [-0.25, -0.2) is 0 Å². The van der Waals surface area contributed by atoms with E-state index in [9.17, 15) is 4.79 Å². The summed E-state index contributed by atoms with van der Waals surface area (Å²) in [7, 11) is 0. The zero-order chi connectivity index (χ0) is 16.4. The van der Waals surface area contributed by atoms with Crippen LogP contribution in [0.5, 0.6) is 0 Å². The fourth-order valence-corrected chi connectivity index (χ4v) is 4.43. The van der Waals surface area contributed by atoms with E-state index in [2.05, 4.69) is 31.8 Å². The molecule has 2 heterocycles. The Labute approximate surface area is 151 Å². The van der Waals surface area contributed by atoms with Crippen LogP contribution in [0.2, 0.25) is 5.02 Å². The number of halogens is 2. The van der Waals surface area contributed by atoms with E-state index in [1.165, 1.54) is 0 Å². The van der Waals surface area contributed by atoms with Crippen molar-refractivity contribution in [2.45, 2.75) is 44.3 Å². The number of carbonyl (C=O) groups is 1. The molecule has 0 aromatic heterocycles. The number of rotatable bonds is 4. The molecular formula is C17H23BrClN3O. The Kier molecular flexibility index (Phi) is 5.62. The van der Waals surface area contributed by atoms with Crippen molar-refractivity contribution in [1.29, 1.82) is 0 Å². The highest BCUT2D eigenvalue weighted by molar-refractivity contribution is 9.10. The minimum absolute atomic E-state index is 0.0499. The van der Waals surface area contributed by atoms with Crippen LogP contribution in [0, 0.1) is 0 Å². The summed E-state index contributed by atoms with van der Waals surface area (Å²) in [6.07, 6.45) is 4.19. The van der Waals surface area contributed by atoms with E-state index in [4.69, 9.17) is 17.3 Å². The van der Waals surface area contributed by atoms with Crippen molar-refractivity contribution < 1.29 is 4.79 Å². The van der Waals surface area contributed by atoms with Gasteiger partial charge in [0.15, 0.2) is 0 Å². The number of amides is 1. The molecule has 0 spiro atoms. The van der Waals surface area contributed by atoms with Crippen LogP contribution in [0.3, 0.4) is 0 Å². The van der Waals surface area contributed by atoms with Crippen LogP contribution in [0.1, 0.15) is 31.2 Å². The van der Waals surface area contributed by atoms with Gasteiger partial charge in [0.25, 0.3) is 0 Å². The van der Waals surface area contributed by atoms with Crippen molar-refractivity contribution in [2.24, 2.45) is 5.73 Å². The molecule has 6 heteroatoms. The molecule has 1 atom stereocenters. The molecular weight excluding hydrogens is 378 g/mol. The highest BCUT2D eigenvalue weighted by Crippen LogP contribution is 2.28. The molecule has 2 fully saturated rings. The topological polar surface area (TPSA) is 49.6 Å². The molecule has 4 nitrogen and oxygen atoms in total. The monoisotopic (exact) mass is 399 g/mol. The third-order valence-corrected chi connectivity index (χ3v) is 5.91. The van der Waals surface area contributed by atoms with E-state index in [0.717, 1.165) is 66.9 Å². The van der Waals surface area contributed by atoms with Gasteiger partial charge >= 0.3 is 0 Å². The molecule has 2 N–H and O–H groups in total. The third-order valence-electron chi connectivity index (χ3n) is 5.05. The fourth-order valence-electron chi connectivity index (χ4n) is 3.85. The van der Waals surface area contributed by atoms with E-state index in [-0.39, 0.29) is 11.9 Å². The third kappa shape index (κ3) is 4.08. The first kappa shape index (κ1) is 17.2. The standard InChI is InChI=1S/C17H23BrClN3O/c18-13-3-4-15(19)12(10-13)11-21-8-5-14(6-9-21)22-7-1-2-16(22)17(20)23/h3-4,10,14,16H,1-2,5-9,11H2,(H2,20,23). The second-order valence-electron chi connectivity index (χ2n) is 6.54. The minimum atomic E-state index is -0.161. The number of nitrogens with two attached hydrogens (primary N) is 1. The first-order chi connectivity index (χ1) is 11.0. The van der Waals surface area contributed by atoms with E-state index >= 15 is 0 Å². The molecule has 2 saturated heterocycles. The van der Waals surface area contributed by atoms with Gasteiger partial charge in [0.1, 0.15) is 0 Å². The molecule has 3 rings (SSSR count). The summed E-state index contributed by atoms with van der Waals surface area (Å²) in [5.41, 5.74) is 6.71. The summed E-state index contributed by atoms with van der Waals surface area (Å²) < 4.78 is 1.06. The molecule has 0 bridgehead atoms. The smallest absolute Gasteiger partial charge is 0.234 e. The molecule has 0 radical (unpaired) electrons. The Bertz CT molecular complexity index is 575. The van der Waals surface area contributed by atoms with Crippen molar-refractivity contribution in [1.82, 2.24) is 9.80 Å². The van der Waals surface area contributed by atoms with E-state index < -0.39 is 0 Å². The number of benzene rings is 1. The van der Waals surface area contributed by atoms with Crippen LogP contribution in [0.25, 0.3) is 0 Å². The lowest BCUT2D eigenvalue weighted by molar-refractivity contribution is -0.123. The van der Waals surface area contributed by atoms with Gasteiger partial charge in [-0.15, -0.1) is 0 Å². The van der Waals surface area contributed by atoms with Crippen molar-refractivity contribution >= 4 is 33.4 Å². The Morgan fingerprint density at radius 1 is 1.26 bits per heavy atom. The normalized spacial score (nSPS) is 24.2. The number of carbonyl (C=O) groups excluding carboxylic acids is 1. The van der Waals surface area contributed by atoms with E-state index in [1.807, 2.05) is 12.1 Å². The highest BCUT2D eigenvalue weighted by atomic mass is 79.9. The van der Waals surface area contributed by atoms with Gasteiger partial charge in [-0.1, -0.05) is 27.5 Å². The molecule has 23 heavy (non-hydrogen) atoms. The van der Waals surface area contributed by atoms with Gasteiger partial charge in [-0.2, -0.15) is 0 Å². The molecule has 1 unspecified atom stereocenters. The van der Waals surface area contributed by atoms with Crippen LogP contribution in [0.4, 0.5) is 0 Å². The van der Waals surface area contributed by atoms with Gasteiger partial charge in [-0.05, 0) is 69.1 Å². The number of hydrogen-bond acceptors (Lipinski definition) is 3. The predicted octanol–water partition coefficient (Wildman–Crippen LogP) is 3.02. The zero-order valence-corrected chi connectivity index (χ0v) is 15.5. The maximum atomic E-state index is 11.6. The summed E-state index contributed by atoms with van der Waals surface area (Å²) in [5, 5.41) is 0.823. The van der Waals surface area contributed by atoms with Crippen molar-refractivity contribution in [3.8, 4) is 0 Å². The van der Waals surface area contributed by atoms with E-state index in [1.54, 1.807) is 0 Å². The number of primary amides is 1. The Morgan fingerprint density at radius 2 is 2.00 bits per heavy atom. The van der Waals surface area contributed by atoms with Crippen molar-refractivity contribution in [3.05, 3.63) is 33.3 Å². The number of hydrogen-bond donors (Lipinski definition) is 1. The molecule has 2 aliphatic heterocycles. The maximum Gasteiger partial charge on any atom is 0.234 e. The Morgan fingerprint density at radius 3 is 2.70 bits per heavy atom. The number of piperidine rings is 1. The molecule has 0 aliphatic carbocycles. The zero-order valence-electron chi connectivity index (χ0n) is 13.2. The molecule has 1 aromatic rings. The Hall–Kier alpha value is -0.620. The van der Waals surface area contributed by atoms with Gasteiger partial charge in [0, 0.05) is 22.1 Å². The lowest BCUT2D eigenvalue weighted by Crippen LogP contribution is -2.50. The van der Waals surface area contributed by atoms with Gasteiger partial charge in [0.2, 0.25) is 5.91 Å². The molecule has 1 amide bonds. The van der Waals surface area contributed by atoms with Crippen molar-refractivity contribution in [3.63, 3.8) is 0 Å². The van der Waals surface area contributed by atoms with Gasteiger partial charge < -0.3 is 5.73 Å². The average molecular weight is 401 g/mol. The summed E-state index contributed by atoms with van der Waals surface area (Å²) in [6, 6.07) is 6.44. The van der Waals surface area contributed by atoms with Crippen LogP contribution in [-0.2, 0) is 11.3 Å².